The van der Waals surface area contributed by atoms with E-state index in [2.05, 4.69) is 20.0 Å². The molecule has 0 saturated carbocycles. The number of hydrogen-bond donors (Lipinski definition) is 2. The molecular weight excluding hydrogens is 464 g/mol. The highest BCUT2D eigenvalue weighted by Crippen LogP contribution is 2.23. The SMILES string of the molecule is I.NC(=NCc1nccn1C(F)F)Nc1ccc(OC(F)(F)F)cc1. The number of halogens is 6. The zero-order valence-electron chi connectivity index (χ0n) is 12.4. The maximum absolute atomic E-state index is 12.6. The van der Waals surface area contributed by atoms with Crippen LogP contribution in [0.5, 0.6) is 5.75 Å². The van der Waals surface area contributed by atoms with Gasteiger partial charge in [-0.1, -0.05) is 0 Å². The zero-order valence-corrected chi connectivity index (χ0v) is 14.7. The first-order chi connectivity index (χ1) is 11.2. The number of imidazole rings is 1. The quantitative estimate of drug-likeness (QED) is 0.298. The lowest BCUT2D eigenvalue weighted by molar-refractivity contribution is -0.274. The molecule has 0 aliphatic heterocycles. The van der Waals surface area contributed by atoms with Gasteiger partial charge in [0.05, 0.1) is 0 Å². The van der Waals surface area contributed by atoms with Crippen molar-refractivity contribution < 1.29 is 26.7 Å². The van der Waals surface area contributed by atoms with Crippen molar-refractivity contribution in [1.82, 2.24) is 9.55 Å². The number of nitrogens with one attached hydrogen (secondary N) is 1. The molecule has 0 aliphatic rings. The molecule has 0 radical (unpaired) electrons. The second-order valence-electron chi connectivity index (χ2n) is 4.43. The predicted octanol–water partition coefficient (Wildman–Crippen LogP) is 3.72. The molecule has 2 rings (SSSR count). The van der Waals surface area contributed by atoms with E-state index in [1.54, 1.807) is 0 Å². The van der Waals surface area contributed by atoms with Crippen LogP contribution in [0.1, 0.15) is 12.4 Å². The van der Waals surface area contributed by atoms with Crippen LogP contribution >= 0.6 is 24.0 Å². The third-order valence-electron chi connectivity index (χ3n) is 2.71. The van der Waals surface area contributed by atoms with Gasteiger partial charge < -0.3 is 15.8 Å². The van der Waals surface area contributed by atoms with E-state index in [1.165, 1.54) is 18.3 Å². The summed E-state index contributed by atoms with van der Waals surface area (Å²) in [5.74, 6) is -0.477. The zero-order chi connectivity index (χ0) is 17.7. The van der Waals surface area contributed by atoms with Crippen molar-refractivity contribution in [1.29, 1.82) is 0 Å². The summed E-state index contributed by atoms with van der Waals surface area (Å²) >= 11 is 0. The van der Waals surface area contributed by atoms with Gasteiger partial charge in [-0.2, -0.15) is 8.78 Å². The fraction of sp³-hybridized carbons (Fsp3) is 0.231. The summed E-state index contributed by atoms with van der Waals surface area (Å²) in [5.41, 5.74) is 5.94. The molecule has 1 heterocycles. The van der Waals surface area contributed by atoms with Crippen LogP contribution in [0.3, 0.4) is 0 Å². The van der Waals surface area contributed by atoms with Gasteiger partial charge >= 0.3 is 12.9 Å². The highest BCUT2D eigenvalue weighted by Gasteiger charge is 2.30. The molecule has 3 N–H and O–H groups in total. The Morgan fingerprint density at radius 1 is 1.28 bits per heavy atom. The van der Waals surface area contributed by atoms with Crippen LogP contribution < -0.4 is 15.8 Å². The number of guanidine groups is 1. The number of hydrogen-bond acceptors (Lipinski definition) is 3. The smallest absolute Gasteiger partial charge is 0.406 e. The number of ether oxygens (including phenoxy) is 1. The minimum atomic E-state index is -4.78. The highest BCUT2D eigenvalue weighted by molar-refractivity contribution is 14.0. The van der Waals surface area contributed by atoms with Gasteiger partial charge in [-0.25, -0.2) is 9.98 Å². The van der Waals surface area contributed by atoms with Gasteiger partial charge in [0.2, 0.25) is 0 Å². The normalized spacial score (nSPS) is 12.0. The van der Waals surface area contributed by atoms with Gasteiger partial charge in [0, 0.05) is 18.1 Å². The second kappa shape index (κ2) is 8.82. The molecular formula is C13H13F5IN5O. The number of nitrogens with zero attached hydrogens (tertiary/aromatic N) is 3. The Bertz CT molecular complexity index is 702. The van der Waals surface area contributed by atoms with E-state index in [-0.39, 0.29) is 48.1 Å². The molecule has 1 aromatic heterocycles. The summed E-state index contributed by atoms with van der Waals surface area (Å²) in [7, 11) is 0. The second-order valence-corrected chi connectivity index (χ2v) is 4.43. The standard InChI is InChI=1S/C13H12F5N5O.HI/c14-11(15)23-6-5-20-10(23)7-21-12(19)22-8-1-3-9(4-2-8)24-13(16,17)18;/h1-6,11H,7H2,(H3,19,21,22);1H. The van der Waals surface area contributed by atoms with Gasteiger partial charge in [0.25, 0.3) is 0 Å². The van der Waals surface area contributed by atoms with Crippen LogP contribution in [-0.4, -0.2) is 21.9 Å². The molecule has 138 valence electrons. The van der Waals surface area contributed by atoms with Crippen LogP contribution in [-0.2, 0) is 6.54 Å². The molecule has 0 amide bonds. The van der Waals surface area contributed by atoms with E-state index in [9.17, 15) is 22.0 Å². The van der Waals surface area contributed by atoms with E-state index < -0.39 is 12.9 Å². The molecule has 0 aliphatic carbocycles. The van der Waals surface area contributed by atoms with Crippen molar-refractivity contribution >= 4 is 35.6 Å². The molecule has 0 spiro atoms. The first kappa shape index (κ1) is 20.9. The van der Waals surface area contributed by atoms with Gasteiger partial charge in [-0.3, -0.25) is 4.57 Å². The Kier molecular flexibility index (Phi) is 7.38. The summed E-state index contributed by atoms with van der Waals surface area (Å²) < 4.78 is 65.7. The van der Waals surface area contributed by atoms with Crippen LogP contribution in [0.15, 0.2) is 41.7 Å². The molecule has 0 fully saturated rings. The van der Waals surface area contributed by atoms with E-state index in [0.29, 0.717) is 10.3 Å². The van der Waals surface area contributed by atoms with Crippen LogP contribution in [0.2, 0.25) is 0 Å². The van der Waals surface area contributed by atoms with E-state index >= 15 is 0 Å². The topological polar surface area (TPSA) is 77.5 Å². The van der Waals surface area contributed by atoms with Crippen molar-refractivity contribution in [2.75, 3.05) is 5.32 Å². The number of aromatic nitrogens is 2. The molecule has 1 aromatic carbocycles. The number of benzene rings is 1. The lowest BCUT2D eigenvalue weighted by atomic mass is 10.3. The van der Waals surface area contributed by atoms with Crippen LogP contribution in [0.25, 0.3) is 0 Å². The number of nitrogens with two attached hydrogens (primary N) is 1. The van der Waals surface area contributed by atoms with Crippen molar-refractivity contribution in [3.63, 3.8) is 0 Å². The summed E-state index contributed by atoms with van der Waals surface area (Å²) in [6, 6.07) is 4.77. The maximum Gasteiger partial charge on any atom is 0.573 e. The third kappa shape index (κ3) is 6.72. The van der Waals surface area contributed by atoms with Crippen molar-refractivity contribution in [2.45, 2.75) is 19.5 Å². The first-order valence-electron chi connectivity index (χ1n) is 6.47. The Labute approximate surface area is 155 Å². The minimum Gasteiger partial charge on any atom is -0.406 e. The fourth-order valence-corrected chi connectivity index (χ4v) is 1.73. The Morgan fingerprint density at radius 3 is 2.48 bits per heavy atom. The monoisotopic (exact) mass is 477 g/mol. The molecule has 2 aromatic rings. The molecule has 0 saturated heterocycles. The number of aliphatic imine (C=N–C) groups is 1. The number of anilines is 1. The summed E-state index contributed by atoms with van der Waals surface area (Å²) in [5, 5.41) is 2.61. The molecule has 6 nitrogen and oxygen atoms in total. The highest BCUT2D eigenvalue weighted by atomic mass is 127. The Hall–Kier alpha value is -2.12. The first-order valence-corrected chi connectivity index (χ1v) is 6.47. The average molecular weight is 477 g/mol. The molecule has 0 atom stereocenters. The van der Waals surface area contributed by atoms with Crippen molar-refractivity contribution in [2.24, 2.45) is 10.7 Å². The fourth-order valence-electron chi connectivity index (χ4n) is 1.73. The van der Waals surface area contributed by atoms with Gasteiger partial charge in [-0.05, 0) is 24.3 Å². The number of alkyl halides is 5. The van der Waals surface area contributed by atoms with E-state index in [0.717, 1.165) is 18.3 Å². The minimum absolute atomic E-state index is 0. The van der Waals surface area contributed by atoms with Crippen molar-refractivity contribution in [3.8, 4) is 5.75 Å². The molecule has 0 bridgehead atoms. The molecule has 12 heteroatoms. The summed E-state index contributed by atoms with van der Waals surface area (Å²) in [6.07, 6.45) is -2.46. The average Bonchev–Trinajstić information content (AvgIpc) is 2.94. The van der Waals surface area contributed by atoms with Gasteiger partial charge in [-0.15, -0.1) is 37.1 Å². The summed E-state index contributed by atoms with van der Waals surface area (Å²) in [6.45, 7) is -2.93. The number of rotatable bonds is 5. The largest absolute Gasteiger partial charge is 0.573 e. The summed E-state index contributed by atoms with van der Waals surface area (Å²) in [4.78, 5) is 7.57. The van der Waals surface area contributed by atoms with Crippen LogP contribution in [0.4, 0.5) is 27.6 Å². The van der Waals surface area contributed by atoms with Gasteiger partial charge in [0.15, 0.2) is 5.96 Å². The predicted molar refractivity (Wildman–Crippen MR) is 91.0 cm³/mol. The maximum atomic E-state index is 12.6. The third-order valence-corrected chi connectivity index (χ3v) is 2.71. The molecule has 0 unspecified atom stereocenters. The lowest BCUT2D eigenvalue weighted by Crippen LogP contribution is -2.23. The van der Waals surface area contributed by atoms with Crippen molar-refractivity contribution in [3.05, 3.63) is 42.5 Å². The van der Waals surface area contributed by atoms with E-state index in [4.69, 9.17) is 5.73 Å². The Balaban J connectivity index is 0.00000312. The van der Waals surface area contributed by atoms with E-state index in [1.807, 2.05) is 0 Å². The Morgan fingerprint density at radius 2 is 1.92 bits per heavy atom. The molecule has 25 heavy (non-hydrogen) atoms. The van der Waals surface area contributed by atoms with Crippen LogP contribution in [0, 0.1) is 0 Å². The van der Waals surface area contributed by atoms with Gasteiger partial charge in [0.1, 0.15) is 18.1 Å². The lowest BCUT2D eigenvalue weighted by Gasteiger charge is -2.10.